The number of ether oxygens (including phenoxy) is 1. The molecule has 1 heterocycles. The Morgan fingerprint density at radius 3 is 2.39 bits per heavy atom. The Morgan fingerprint density at radius 1 is 0.829 bits per heavy atom. The van der Waals surface area contributed by atoms with E-state index in [1.54, 1.807) is 20.0 Å². The van der Waals surface area contributed by atoms with Crippen LogP contribution in [0, 0.1) is 5.92 Å². The van der Waals surface area contributed by atoms with Gasteiger partial charge >= 0.3 is 249 Å². The van der Waals surface area contributed by atoms with Crippen LogP contribution in [0.15, 0.2) is 108 Å². The summed E-state index contributed by atoms with van der Waals surface area (Å²) in [7, 11) is 0. The third kappa shape index (κ3) is 3.73. The summed E-state index contributed by atoms with van der Waals surface area (Å²) >= 11 is 1.98. The van der Waals surface area contributed by atoms with E-state index >= 15 is 0 Å². The Hall–Kier alpha value is -3.34. The van der Waals surface area contributed by atoms with Crippen molar-refractivity contribution < 1.29 is 9.84 Å². The first kappa shape index (κ1) is 26.6. The van der Waals surface area contributed by atoms with E-state index in [1.807, 2.05) is 25.6 Å². The van der Waals surface area contributed by atoms with Crippen LogP contribution < -0.4 is 5.46 Å². The van der Waals surface area contributed by atoms with Gasteiger partial charge in [0.25, 0.3) is 0 Å². The van der Waals surface area contributed by atoms with Gasteiger partial charge in [-0.25, -0.2) is 0 Å². The van der Waals surface area contributed by atoms with Crippen LogP contribution in [0.2, 0.25) is 0 Å². The standard InChI is InChI=1S/C37H35BO2S/c1-34(2,39)35(3,4)40-23-38-29-17-12-16-27-33(29)32-25-14-7-6-13-24(25)20-21-28(32)37(27)26-15-8-9-18-30(26)41-36(5)22-11-10-19-31(36)37/h6-23,31,39H,1-5H3. The first-order valence-corrected chi connectivity index (χ1v) is 15.3. The zero-order chi connectivity index (χ0) is 28.6. The van der Waals surface area contributed by atoms with Crippen LogP contribution in [0.3, 0.4) is 0 Å². The first-order chi connectivity index (χ1) is 19.6. The van der Waals surface area contributed by atoms with Gasteiger partial charge < -0.3 is 0 Å². The fraction of sp³-hybridized carbons (Fsp3) is 0.270. The SMILES string of the molecule is CC12C=CC=CC1C1(c3ccccc3S2)c2cccc(/B=C\OC(C)(C)C(C)(C)O)c2-c2c1ccc1ccccc21. The molecule has 2 nitrogen and oxygen atoms in total. The topological polar surface area (TPSA) is 29.5 Å². The number of thioether (sulfide) groups is 1. The second kappa shape index (κ2) is 9.08. The molecular formula is C37H35BO2S. The zero-order valence-electron chi connectivity index (χ0n) is 24.3. The summed E-state index contributed by atoms with van der Waals surface area (Å²) < 4.78 is 6.08. The molecule has 0 saturated heterocycles. The molecule has 3 atom stereocenters. The molecule has 1 spiro atoms. The van der Waals surface area contributed by atoms with Gasteiger partial charge in [0, 0.05) is 0 Å². The molecule has 4 heteroatoms. The Labute approximate surface area is 248 Å². The van der Waals surface area contributed by atoms with Crippen LogP contribution in [0.5, 0.6) is 0 Å². The quantitative estimate of drug-likeness (QED) is 0.266. The van der Waals surface area contributed by atoms with Crippen molar-refractivity contribution in [1.29, 1.82) is 0 Å². The van der Waals surface area contributed by atoms with Crippen molar-refractivity contribution in [1.82, 2.24) is 0 Å². The van der Waals surface area contributed by atoms with Gasteiger partial charge in [0.05, 0.1) is 0 Å². The predicted octanol–water partition coefficient (Wildman–Crippen LogP) is 7.42. The van der Waals surface area contributed by atoms with E-state index < -0.39 is 11.2 Å². The molecule has 0 amide bonds. The number of rotatable bonds is 4. The van der Waals surface area contributed by atoms with E-state index in [-0.39, 0.29) is 16.1 Å². The summed E-state index contributed by atoms with van der Waals surface area (Å²) in [6.45, 7) is 11.9. The van der Waals surface area contributed by atoms with Crippen LogP contribution in [0.1, 0.15) is 51.3 Å². The van der Waals surface area contributed by atoms with Gasteiger partial charge in [0.1, 0.15) is 0 Å². The summed E-state index contributed by atoms with van der Waals surface area (Å²) in [6, 6.07) is 29.2. The number of hydrogen-bond acceptors (Lipinski definition) is 3. The molecule has 7 rings (SSSR count). The molecule has 3 aliphatic rings. The molecule has 0 bridgehead atoms. The molecule has 4 aromatic rings. The van der Waals surface area contributed by atoms with Gasteiger partial charge in [-0.05, 0) is 0 Å². The van der Waals surface area contributed by atoms with Gasteiger partial charge in [-0.2, -0.15) is 0 Å². The Morgan fingerprint density at radius 2 is 1.56 bits per heavy atom. The van der Waals surface area contributed by atoms with E-state index in [4.69, 9.17) is 4.74 Å². The van der Waals surface area contributed by atoms with Gasteiger partial charge in [0.15, 0.2) is 0 Å². The van der Waals surface area contributed by atoms with Crippen molar-refractivity contribution in [3.63, 3.8) is 0 Å². The van der Waals surface area contributed by atoms with Crippen LogP contribution in [-0.2, 0) is 10.2 Å². The Bertz CT molecular complexity index is 1790. The predicted molar refractivity (Wildman–Crippen MR) is 175 cm³/mol. The number of benzene rings is 4. The molecule has 2 aliphatic carbocycles. The third-order valence-electron chi connectivity index (χ3n) is 9.78. The molecule has 0 fully saturated rings. The third-order valence-corrected chi connectivity index (χ3v) is 11.2. The normalized spacial score (nSPS) is 24.2. The minimum atomic E-state index is -0.988. The molecule has 1 aliphatic heterocycles. The molecule has 0 saturated carbocycles. The van der Waals surface area contributed by atoms with E-state index in [1.165, 1.54) is 43.5 Å². The molecular weight excluding hydrogens is 519 g/mol. The average Bonchev–Trinajstić information content (AvgIpc) is 3.24. The first-order valence-electron chi connectivity index (χ1n) is 14.5. The van der Waals surface area contributed by atoms with Crippen molar-refractivity contribution >= 4 is 41.1 Å². The van der Waals surface area contributed by atoms with E-state index in [0.29, 0.717) is 0 Å². The van der Waals surface area contributed by atoms with Crippen molar-refractivity contribution in [2.75, 3.05) is 0 Å². The molecule has 1 N–H and O–H groups in total. The number of fused-ring (bicyclic) bond motifs is 11. The summed E-state index contributed by atoms with van der Waals surface area (Å²) in [5.74, 6) is 0.227. The molecule has 4 aromatic carbocycles. The summed E-state index contributed by atoms with van der Waals surface area (Å²) in [4.78, 5) is 1.34. The molecule has 41 heavy (non-hydrogen) atoms. The van der Waals surface area contributed by atoms with Crippen molar-refractivity contribution in [2.45, 2.75) is 60.9 Å². The van der Waals surface area contributed by atoms with Crippen molar-refractivity contribution in [2.24, 2.45) is 5.92 Å². The molecule has 0 aromatic heterocycles. The number of allylic oxidation sites excluding steroid dienone is 3. The number of aliphatic hydroxyl groups is 1. The van der Waals surface area contributed by atoms with Crippen LogP contribution in [0.25, 0.3) is 21.9 Å². The summed E-state index contributed by atoms with van der Waals surface area (Å²) in [5, 5.41) is 13.2. The van der Waals surface area contributed by atoms with E-state index in [9.17, 15) is 5.11 Å². The van der Waals surface area contributed by atoms with Gasteiger partial charge in [-0.15, -0.1) is 0 Å². The van der Waals surface area contributed by atoms with E-state index in [2.05, 4.69) is 117 Å². The Kier molecular flexibility index (Phi) is 5.88. The van der Waals surface area contributed by atoms with Crippen LogP contribution >= 0.6 is 11.8 Å². The monoisotopic (exact) mass is 554 g/mol. The second-order valence-electron chi connectivity index (χ2n) is 12.8. The van der Waals surface area contributed by atoms with Gasteiger partial charge in [-0.3, -0.25) is 0 Å². The van der Waals surface area contributed by atoms with Gasteiger partial charge in [0.2, 0.25) is 0 Å². The number of hydrogen-bond donors (Lipinski definition) is 1. The summed E-state index contributed by atoms with van der Waals surface area (Å²) in [6.07, 6.45) is 11.0. The van der Waals surface area contributed by atoms with Crippen molar-refractivity contribution in [3.05, 3.63) is 120 Å². The maximum absolute atomic E-state index is 10.7. The average molecular weight is 555 g/mol. The second-order valence-corrected chi connectivity index (χ2v) is 14.3. The van der Waals surface area contributed by atoms with E-state index in [0.717, 1.165) is 5.46 Å². The fourth-order valence-corrected chi connectivity index (χ4v) is 8.54. The van der Waals surface area contributed by atoms with Gasteiger partial charge in [-0.1, -0.05) is 0 Å². The molecule has 0 radical (unpaired) electrons. The Balaban J connectivity index is 1.55. The molecule has 204 valence electrons. The summed E-state index contributed by atoms with van der Waals surface area (Å²) in [5.41, 5.74) is 5.72. The molecule has 3 unspecified atom stereocenters. The zero-order valence-corrected chi connectivity index (χ0v) is 25.1. The van der Waals surface area contributed by atoms with Crippen molar-refractivity contribution in [3.8, 4) is 11.1 Å². The van der Waals surface area contributed by atoms with Crippen LogP contribution in [0.4, 0.5) is 0 Å². The van der Waals surface area contributed by atoms with Crippen LogP contribution in [-0.4, -0.2) is 34.1 Å². The maximum atomic E-state index is 10.7. The fourth-order valence-electron chi connectivity index (χ4n) is 7.05. The minimum absolute atomic E-state index is 0.0979.